The van der Waals surface area contributed by atoms with Crippen LogP contribution in [0.5, 0.6) is 0 Å². The van der Waals surface area contributed by atoms with Crippen molar-refractivity contribution in [3.8, 4) is 6.07 Å². The first kappa shape index (κ1) is 17.6. The van der Waals surface area contributed by atoms with E-state index in [9.17, 15) is 10.1 Å². The number of nitrogens with two attached hydrogens (primary N) is 1. The van der Waals surface area contributed by atoms with E-state index in [1.165, 1.54) is 0 Å². The molecule has 0 radical (unpaired) electrons. The van der Waals surface area contributed by atoms with Crippen LogP contribution in [0.15, 0.2) is 29.1 Å². The largest absolute Gasteiger partial charge is 0.379 e. The topological polar surface area (TPSA) is 84.3 Å². The number of nitrogens with zero attached hydrogens (tertiary/aromatic N) is 3. The summed E-state index contributed by atoms with van der Waals surface area (Å²) >= 11 is 0. The Hall–Kier alpha value is -2.20. The fraction of sp³-hybridized carbons (Fsp3) is 0.474. The number of benzene rings is 1. The molecule has 0 spiro atoms. The summed E-state index contributed by atoms with van der Waals surface area (Å²) in [5, 5.41) is 10.2. The number of likely N-dealkylation sites (tertiary alicyclic amines) is 1. The molecule has 1 aliphatic rings. The van der Waals surface area contributed by atoms with Crippen molar-refractivity contribution >= 4 is 10.9 Å². The molecule has 2 aromatic rings. The summed E-state index contributed by atoms with van der Waals surface area (Å²) in [4.78, 5) is 14.8. The summed E-state index contributed by atoms with van der Waals surface area (Å²) in [6, 6.07) is 9.40. The van der Waals surface area contributed by atoms with Crippen LogP contribution in [0.1, 0.15) is 17.5 Å². The number of aromatic nitrogens is 1. The summed E-state index contributed by atoms with van der Waals surface area (Å²) in [5.41, 5.74) is 8.36. The summed E-state index contributed by atoms with van der Waals surface area (Å²) in [6.07, 6.45) is 0.922. The zero-order chi connectivity index (χ0) is 18.0. The Morgan fingerprint density at radius 3 is 2.88 bits per heavy atom. The van der Waals surface area contributed by atoms with Gasteiger partial charge in [0.1, 0.15) is 0 Å². The minimum Gasteiger partial charge on any atom is -0.379 e. The van der Waals surface area contributed by atoms with Crippen LogP contribution in [0, 0.1) is 18.3 Å². The second-order valence-corrected chi connectivity index (χ2v) is 6.69. The molecule has 6 nitrogen and oxygen atoms in total. The molecule has 2 N–H and O–H groups in total. The van der Waals surface area contributed by atoms with Gasteiger partial charge in [-0.25, -0.2) is 0 Å². The monoisotopic (exact) mass is 340 g/mol. The van der Waals surface area contributed by atoms with Crippen LogP contribution in [0.3, 0.4) is 0 Å². The lowest BCUT2D eigenvalue weighted by molar-refractivity contribution is 0.0158. The molecule has 1 saturated heterocycles. The number of hydrogen-bond donors (Lipinski definition) is 1. The van der Waals surface area contributed by atoms with Crippen molar-refractivity contribution in [2.75, 3.05) is 26.7 Å². The number of pyridine rings is 1. The van der Waals surface area contributed by atoms with Crippen molar-refractivity contribution in [1.29, 1.82) is 5.26 Å². The highest BCUT2D eigenvalue weighted by Crippen LogP contribution is 2.19. The lowest BCUT2D eigenvalue weighted by Gasteiger charge is -2.36. The van der Waals surface area contributed by atoms with Gasteiger partial charge in [0.25, 0.3) is 5.56 Å². The van der Waals surface area contributed by atoms with Gasteiger partial charge >= 0.3 is 0 Å². The number of rotatable bonds is 4. The van der Waals surface area contributed by atoms with E-state index in [1.807, 2.05) is 13.0 Å². The highest BCUT2D eigenvalue weighted by atomic mass is 16.5. The van der Waals surface area contributed by atoms with Crippen LogP contribution in [-0.2, 0) is 11.3 Å². The van der Waals surface area contributed by atoms with E-state index in [0.29, 0.717) is 12.1 Å². The third-order valence-electron chi connectivity index (χ3n) is 5.09. The van der Waals surface area contributed by atoms with E-state index in [2.05, 4.69) is 11.0 Å². The van der Waals surface area contributed by atoms with Crippen molar-refractivity contribution in [2.24, 2.45) is 5.73 Å². The summed E-state index contributed by atoms with van der Waals surface area (Å²) in [6.45, 7) is 4.94. The average Bonchev–Trinajstić information content (AvgIpc) is 2.62. The van der Waals surface area contributed by atoms with Crippen LogP contribution in [0.2, 0.25) is 0 Å². The molecule has 1 aromatic carbocycles. The molecule has 6 heteroatoms. The Labute approximate surface area is 147 Å². The minimum absolute atomic E-state index is 0.0305. The van der Waals surface area contributed by atoms with Gasteiger partial charge in [0, 0.05) is 44.2 Å². The van der Waals surface area contributed by atoms with Gasteiger partial charge in [0.05, 0.1) is 23.3 Å². The van der Waals surface area contributed by atoms with Crippen LogP contribution in [0.4, 0.5) is 0 Å². The van der Waals surface area contributed by atoms with Gasteiger partial charge in [0.15, 0.2) is 0 Å². The number of ether oxygens (including phenoxy) is 1. The third kappa shape index (κ3) is 3.59. The van der Waals surface area contributed by atoms with Gasteiger partial charge in [-0.05, 0) is 37.6 Å². The Morgan fingerprint density at radius 2 is 2.16 bits per heavy atom. The van der Waals surface area contributed by atoms with Crippen molar-refractivity contribution in [1.82, 2.24) is 9.47 Å². The van der Waals surface area contributed by atoms with E-state index < -0.39 is 0 Å². The fourth-order valence-electron chi connectivity index (χ4n) is 3.54. The van der Waals surface area contributed by atoms with E-state index in [1.54, 1.807) is 29.9 Å². The number of nitriles is 1. The zero-order valence-electron chi connectivity index (χ0n) is 14.7. The SMILES string of the molecule is COC1CN(CCn2c(=O)cc(C)c3ccc(C#N)cc32)CCC1N. The van der Waals surface area contributed by atoms with Gasteiger partial charge < -0.3 is 15.0 Å². The number of methoxy groups -OCH3 is 1. The summed E-state index contributed by atoms with van der Waals surface area (Å²) < 4.78 is 7.22. The molecule has 1 fully saturated rings. The van der Waals surface area contributed by atoms with E-state index >= 15 is 0 Å². The molecule has 25 heavy (non-hydrogen) atoms. The molecule has 1 aromatic heterocycles. The molecular weight excluding hydrogens is 316 g/mol. The second kappa shape index (κ2) is 7.36. The van der Waals surface area contributed by atoms with Gasteiger partial charge in [-0.1, -0.05) is 6.07 Å². The second-order valence-electron chi connectivity index (χ2n) is 6.69. The van der Waals surface area contributed by atoms with E-state index in [4.69, 9.17) is 10.5 Å². The smallest absolute Gasteiger partial charge is 0.251 e. The van der Waals surface area contributed by atoms with Gasteiger partial charge in [-0.2, -0.15) is 5.26 Å². The Kier molecular flexibility index (Phi) is 5.19. The summed E-state index contributed by atoms with van der Waals surface area (Å²) in [7, 11) is 1.69. The fourth-order valence-corrected chi connectivity index (χ4v) is 3.54. The zero-order valence-corrected chi connectivity index (χ0v) is 14.7. The Bertz CT molecular complexity index is 868. The predicted octanol–water partition coefficient (Wildman–Crippen LogP) is 1.23. The molecule has 1 aliphatic heterocycles. The van der Waals surface area contributed by atoms with Crippen LogP contribution in [-0.4, -0.2) is 48.4 Å². The average molecular weight is 340 g/mol. The van der Waals surface area contributed by atoms with E-state index in [0.717, 1.165) is 42.5 Å². The maximum atomic E-state index is 12.5. The number of fused-ring (bicyclic) bond motifs is 1. The molecule has 132 valence electrons. The number of piperidine rings is 1. The predicted molar refractivity (Wildman–Crippen MR) is 97.5 cm³/mol. The third-order valence-corrected chi connectivity index (χ3v) is 5.09. The molecule has 2 unspecified atom stereocenters. The molecule has 0 saturated carbocycles. The highest BCUT2D eigenvalue weighted by molar-refractivity contribution is 5.83. The first-order valence-electron chi connectivity index (χ1n) is 8.58. The van der Waals surface area contributed by atoms with Gasteiger partial charge in [0.2, 0.25) is 0 Å². The Morgan fingerprint density at radius 1 is 1.36 bits per heavy atom. The van der Waals surface area contributed by atoms with Crippen LogP contribution in [0.25, 0.3) is 10.9 Å². The molecule has 3 rings (SSSR count). The number of aryl methyl sites for hydroxylation is 1. The van der Waals surface area contributed by atoms with Crippen LogP contribution >= 0.6 is 0 Å². The maximum Gasteiger partial charge on any atom is 0.251 e. The Balaban J connectivity index is 1.86. The number of hydrogen-bond acceptors (Lipinski definition) is 5. The molecule has 2 heterocycles. The van der Waals surface area contributed by atoms with Crippen molar-refractivity contribution in [3.63, 3.8) is 0 Å². The first-order valence-corrected chi connectivity index (χ1v) is 8.58. The highest BCUT2D eigenvalue weighted by Gasteiger charge is 2.26. The lowest BCUT2D eigenvalue weighted by atomic mass is 10.0. The molecular formula is C19H24N4O2. The molecule has 0 bridgehead atoms. The van der Waals surface area contributed by atoms with Crippen molar-refractivity contribution in [3.05, 3.63) is 45.7 Å². The normalized spacial score (nSPS) is 21.4. The van der Waals surface area contributed by atoms with Gasteiger partial charge in [-0.3, -0.25) is 9.69 Å². The molecule has 0 aliphatic carbocycles. The van der Waals surface area contributed by atoms with Crippen molar-refractivity contribution < 1.29 is 4.74 Å². The van der Waals surface area contributed by atoms with E-state index in [-0.39, 0.29) is 17.7 Å². The van der Waals surface area contributed by atoms with Crippen LogP contribution < -0.4 is 11.3 Å². The summed E-state index contributed by atoms with van der Waals surface area (Å²) in [5.74, 6) is 0. The molecule has 2 atom stereocenters. The maximum absolute atomic E-state index is 12.5. The standard InChI is InChI=1S/C19H24N4O2/c1-13-9-19(24)23(17-10-14(11-20)3-4-15(13)17)8-7-22-6-5-16(21)18(12-22)25-2/h3-4,9-10,16,18H,5-8,12,21H2,1-2H3. The van der Waals surface area contributed by atoms with Crippen molar-refractivity contribution in [2.45, 2.75) is 32.0 Å². The van der Waals surface area contributed by atoms with Gasteiger partial charge in [-0.15, -0.1) is 0 Å². The lowest BCUT2D eigenvalue weighted by Crippen LogP contribution is -2.52. The minimum atomic E-state index is -0.0305. The quantitative estimate of drug-likeness (QED) is 0.905. The molecule has 0 amide bonds. The first-order chi connectivity index (χ1) is 12.0.